The summed E-state index contributed by atoms with van der Waals surface area (Å²) in [6, 6.07) is 0. The number of rotatable bonds is 15. The van der Waals surface area contributed by atoms with Crippen LogP contribution in [0.2, 0.25) is 0 Å². The summed E-state index contributed by atoms with van der Waals surface area (Å²) in [5, 5.41) is 19.5. The highest BCUT2D eigenvalue weighted by molar-refractivity contribution is 5.71. The van der Waals surface area contributed by atoms with Crippen molar-refractivity contribution in [2.24, 2.45) is 11.8 Å². The molecule has 0 bridgehead atoms. The van der Waals surface area contributed by atoms with Gasteiger partial charge < -0.3 is 19.7 Å². The van der Waals surface area contributed by atoms with Gasteiger partial charge in [-0.05, 0) is 66.2 Å². The number of esters is 2. The number of nitrogens with zero attached hydrogens (tertiary/aromatic N) is 2. The molecule has 2 heterocycles. The van der Waals surface area contributed by atoms with Gasteiger partial charge in [-0.15, -0.1) is 0 Å². The van der Waals surface area contributed by atoms with Crippen LogP contribution < -0.4 is 0 Å². The van der Waals surface area contributed by atoms with E-state index in [2.05, 4.69) is 79.0 Å². The highest BCUT2D eigenvalue weighted by Gasteiger charge is 2.54. The molecule has 8 heteroatoms. The number of hydrogen-bond acceptors (Lipinski definition) is 8. The molecule has 2 rings (SSSR count). The molecule has 42 heavy (non-hydrogen) atoms. The molecule has 0 amide bonds. The van der Waals surface area contributed by atoms with E-state index in [-0.39, 0.29) is 71.4 Å². The fourth-order valence-corrected chi connectivity index (χ4v) is 8.19. The largest absolute Gasteiger partial charge is 0.462 e. The molecule has 2 aliphatic rings. The van der Waals surface area contributed by atoms with E-state index in [4.69, 9.17) is 9.47 Å². The van der Waals surface area contributed by atoms with Crippen LogP contribution in [-0.2, 0) is 19.1 Å². The second kappa shape index (κ2) is 15.2. The summed E-state index contributed by atoms with van der Waals surface area (Å²) in [6.07, 6.45) is 6.57. The average molecular weight is 597 g/mol. The highest BCUT2D eigenvalue weighted by atomic mass is 16.5. The maximum Gasteiger partial charge on any atom is 0.306 e. The Morgan fingerprint density at radius 1 is 0.667 bits per heavy atom. The first-order valence-electron chi connectivity index (χ1n) is 16.8. The fraction of sp³-hybridized carbons (Fsp3) is 0.941. The zero-order valence-corrected chi connectivity index (χ0v) is 28.6. The van der Waals surface area contributed by atoms with E-state index in [1.54, 1.807) is 0 Å². The predicted molar refractivity (Wildman–Crippen MR) is 168 cm³/mol. The molecule has 0 aliphatic carbocycles. The summed E-state index contributed by atoms with van der Waals surface area (Å²) in [6.45, 7) is 23.4. The second-order valence-corrected chi connectivity index (χ2v) is 14.1. The maximum absolute atomic E-state index is 12.9. The van der Waals surface area contributed by atoms with Crippen LogP contribution >= 0.6 is 0 Å². The number of hydrogen-bond donors (Lipinski definition) is 2. The Kier molecular flexibility index (Phi) is 13.4. The summed E-state index contributed by atoms with van der Waals surface area (Å²) in [7, 11) is 0. The number of likely N-dealkylation sites (tertiary alicyclic amines) is 2. The van der Waals surface area contributed by atoms with E-state index in [1.807, 2.05) is 0 Å². The molecular weight excluding hydrogens is 532 g/mol. The van der Waals surface area contributed by atoms with Gasteiger partial charge in [0.25, 0.3) is 0 Å². The topological polar surface area (TPSA) is 99.5 Å². The molecule has 2 saturated heterocycles. The number of aliphatic hydroxyl groups excluding tert-OH is 2. The molecule has 0 saturated carbocycles. The lowest BCUT2D eigenvalue weighted by atomic mass is 9.68. The van der Waals surface area contributed by atoms with Crippen molar-refractivity contribution in [2.75, 3.05) is 26.3 Å². The van der Waals surface area contributed by atoms with Gasteiger partial charge in [-0.2, -0.15) is 0 Å². The third-order valence-electron chi connectivity index (χ3n) is 12.1. The van der Waals surface area contributed by atoms with E-state index in [0.29, 0.717) is 38.8 Å². The summed E-state index contributed by atoms with van der Waals surface area (Å²) >= 11 is 0. The third kappa shape index (κ3) is 7.52. The monoisotopic (exact) mass is 596 g/mol. The zero-order valence-electron chi connectivity index (χ0n) is 28.6. The summed E-state index contributed by atoms with van der Waals surface area (Å²) in [5.74, 6) is -0.118. The summed E-state index contributed by atoms with van der Waals surface area (Å²) in [5.41, 5.74) is -0.648. The molecule has 2 fully saturated rings. The van der Waals surface area contributed by atoms with E-state index in [9.17, 15) is 19.8 Å². The molecule has 246 valence electrons. The lowest BCUT2D eigenvalue weighted by molar-refractivity contribution is -0.179. The van der Waals surface area contributed by atoms with Crippen LogP contribution in [0.15, 0.2) is 0 Å². The minimum atomic E-state index is -0.199. The van der Waals surface area contributed by atoms with Crippen molar-refractivity contribution >= 4 is 11.9 Å². The van der Waals surface area contributed by atoms with Crippen LogP contribution in [0.5, 0.6) is 0 Å². The van der Waals surface area contributed by atoms with Crippen molar-refractivity contribution in [3.8, 4) is 0 Å². The van der Waals surface area contributed by atoms with E-state index >= 15 is 0 Å². The van der Waals surface area contributed by atoms with Crippen molar-refractivity contribution in [3.63, 3.8) is 0 Å². The van der Waals surface area contributed by atoms with Gasteiger partial charge in [0.15, 0.2) is 0 Å². The van der Waals surface area contributed by atoms with Crippen molar-refractivity contribution in [1.82, 2.24) is 9.80 Å². The minimum absolute atomic E-state index is 0.114. The van der Waals surface area contributed by atoms with Crippen molar-refractivity contribution < 1.29 is 29.3 Å². The number of unbranched alkanes of at least 4 members (excludes halogenated alkanes) is 1. The molecule has 2 aliphatic heterocycles. The molecule has 8 unspecified atom stereocenters. The molecular formula is C34H64N2O6. The van der Waals surface area contributed by atoms with Crippen molar-refractivity contribution in [1.29, 1.82) is 0 Å². The van der Waals surface area contributed by atoms with Crippen LogP contribution in [0.25, 0.3) is 0 Å². The van der Waals surface area contributed by atoms with E-state index in [1.165, 1.54) is 0 Å². The number of piperidine rings is 2. The standard InChI is InChI=1S/C34H64N2O6/c1-11-31(7)23-27(25(5)33(9,13-3)35(31)19-21-37)41-29(39)17-15-16-18-30(40)42-28-24-32(8,12-2)36(20-22-38)34(10,14-4)26(28)6/h25-28,37-38H,11-24H2,1-10H3. The molecule has 0 spiro atoms. The SMILES string of the molecule is CCC1(C)CC(OC(=O)CCCCC(=O)OC2CC(C)(CC)N(CCO)C(C)(CC)C2C)C(C)C(C)(CC)N1CCO. The van der Waals surface area contributed by atoms with Crippen molar-refractivity contribution in [2.45, 2.75) is 168 Å². The molecule has 0 aromatic rings. The Labute approximate surface area is 256 Å². The average Bonchev–Trinajstić information content (AvgIpc) is 2.97. The first-order chi connectivity index (χ1) is 19.7. The number of carbonyl (C=O) groups excluding carboxylic acids is 2. The Balaban J connectivity index is 1.93. The van der Waals surface area contributed by atoms with E-state index in [0.717, 1.165) is 38.5 Å². The lowest BCUT2D eigenvalue weighted by Gasteiger charge is -2.60. The Bertz CT molecular complexity index is 816. The van der Waals surface area contributed by atoms with Gasteiger partial charge in [0.1, 0.15) is 12.2 Å². The maximum atomic E-state index is 12.9. The normalized spacial score (nSPS) is 37.9. The number of carbonyl (C=O) groups is 2. The van der Waals surface area contributed by atoms with Gasteiger partial charge in [0.05, 0.1) is 13.2 Å². The van der Waals surface area contributed by atoms with Gasteiger partial charge in [-0.1, -0.05) is 41.5 Å². The zero-order chi connectivity index (χ0) is 31.9. The van der Waals surface area contributed by atoms with Crippen LogP contribution in [0.1, 0.15) is 133 Å². The molecule has 8 nitrogen and oxygen atoms in total. The quantitative estimate of drug-likeness (QED) is 0.183. The van der Waals surface area contributed by atoms with Crippen LogP contribution in [0, 0.1) is 11.8 Å². The lowest BCUT2D eigenvalue weighted by Crippen LogP contribution is -2.68. The molecule has 0 aromatic heterocycles. The Morgan fingerprint density at radius 2 is 1.00 bits per heavy atom. The van der Waals surface area contributed by atoms with Crippen LogP contribution in [0.4, 0.5) is 0 Å². The highest BCUT2D eigenvalue weighted by Crippen LogP contribution is 2.47. The van der Waals surface area contributed by atoms with Gasteiger partial charge >= 0.3 is 11.9 Å². The van der Waals surface area contributed by atoms with Gasteiger partial charge in [-0.3, -0.25) is 19.4 Å². The number of aliphatic hydroxyl groups is 2. The predicted octanol–water partition coefficient (Wildman–Crippen LogP) is 5.71. The van der Waals surface area contributed by atoms with Gasteiger partial charge in [0.2, 0.25) is 0 Å². The number of β-amino-alcohol motifs (C(OH)–C–C–N with tert-alkyl or cyclic N) is 2. The minimum Gasteiger partial charge on any atom is -0.462 e. The molecule has 8 atom stereocenters. The first kappa shape index (κ1) is 37.0. The van der Waals surface area contributed by atoms with Crippen molar-refractivity contribution in [3.05, 3.63) is 0 Å². The first-order valence-corrected chi connectivity index (χ1v) is 16.8. The van der Waals surface area contributed by atoms with Gasteiger partial charge in [-0.25, -0.2) is 0 Å². The molecule has 0 radical (unpaired) electrons. The third-order valence-corrected chi connectivity index (χ3v) is 12.1. The Morgan fingerprint density at radius 3 is 1.26 bits per heavy atom. The summed E-state index contributed by atoms with van der Waals surface area (Å²) in [4.78, 5) is 30.8. The van der Waals surface area contributed by atoms with Crippen LogP contribution in [-0.4, -0.2) is 92.6 Å². The molecule has 2 N–H and O–H groups in total. The fourth-order valence-electron chi connectivity index (χ4n) is 8.19. The molecule has 0 aromatic carbocycles. The second-order valence-electron chi connectivity index (χ2n) is 14.1. The van der Waals surface area contributed by atoms with E-state index < -0.39 is 0 Å². The van der Waals surface area contributed by atoms with Gasteiger partial charge in [0, 0.05) is 72.8 Å². The number of ether oxygens (including phenoxy) is 2. The Hall–Kier alpha value is -1.22. The summed E-state index contributed by atoms with van der Waals surface area (Å²) < 4.78 is 12.2. The van der Waals surface area contributed by atoms with Crippen LogP contribution in [0.3, 0.4) is 0 Å². The smallest absolute Gasteiger partial charge is 0.306 e.